The third-order valence-corrected chi connectivity index (χ3v) is 9.46. The van der Waals surface area contributed by atoms with Crippen LogP contribution in [0.1, 0.15) is 26.3 Å². The molecule has 12 heteroatoms. The molecule has 2 aromatic carbocycles. The molecule has 2 amide bonds. The summed E-state index contributed by atoms with van der Waals surface area (Å²) in [6.07, 6.45) is -0.537. The van der Waals surface area contributed by atoms with Gasteiger partial charge in [-0.2, -0.15) is 4.99 Å². The number of sulfone groups is 1. The van der Waals surface area contributed by atoms with Crippen molar-refractivity contribution in [3.8, 4) is 0 Å². The average Bonchev–Trinajstić information content (AvgIpc) is 3.24. The fourth-order valence-electron chi connectivity index (χ4n) is 4.19. The number of benzene rings is 2. The van der Waals surface area contributed by atoms with Crippen LogP contribution in [0.5, 0.6) is 0 Å². The zero-order valence-corrected chi connectivity index (χ0v) is 23.6. The summed E-state index contributed by atoms with van der Waals surface area (Å²) in [6.45, 7) is 5.20. The van der Waals surface area contributed by atoms with Crippen LogP contribution in [0.3, 0.4) is 0 Å². The van der Waals surface area contributed by atoms with Crippen LogP contribution >= 0.6 is 35.0 Å². The highest BCUT2D eigenvalue weighted by molar-refractivity contribution is 8.16. The molecule has 198 valence electrons. The Morgan fingerprint density at radius 2 is 1.86 bits per heavy atom. The van der Waals surface area contributed by atoms with Gasteiger partial charge < -0.3 is 15.0 Å². The Morgan fingerprint density at radius 1 is 1.16 bits per heavy atom. The van der Waals surface area contributed by atoms with E-state index < -0.39 is 39.5 Å². The van der Waals surface area contributed by atoms with E-state index in [2.05, 4.69) is 10.3 Å². The second-order valence-electron chi connectivity index (χ2n) is 9.89. The van der Waals surface area contributed by atoms with Crippen molar-refractivity contribution >= 4 is 67.7 Å². The SMILES string of the molecule is CC(C)(C)OC(=O)N[C@H](Cc1ccccc1)C(=O)N=C1S[C@H]2CS(=O)(=O)C[C@H]2N1c1ccc(Cl)cc1Cl. The summed E-state index contributed by atoms with van der Waals surface area (Å²) in [6, 6.07) is 12.7. The Bertz CT molecular complexity index is 1330. The first-order valence-corrected chi connectivity index (χ1v) is 15.0. The van der Waals surface area contributed by atoms with Gasteiger partial charge in [0.25, 0.3) is 5.91 Å². The molecule has 4 rings (SSSR count). The minimum absolute atomic E-state index is 0.0269. The number of carbonyl (C=O) groups is 2. The smallest absolute Gasteiger partial charge is 0.408 e. The van der Waals surface area contributed by atoms with Gasteiger partial charge in [0, 0.05) is 16.7 Å². The van der Waals surface area contributed by atoms with Crippen LogP contribution in [-0.4, -0.2) is 60.0 Å². The Labute approximate surface area is 230 Å². The molecule has 2 saturated heterocycles. The first-order chi connectivity index (χ1) is 17.3. The summed E-state index contributed by atoms with van der Waals surface area (Å²) in [5.74, 6) is -0.698. The van der Waals surface area contributed by atoms with E-state index in [-0.39, 0.29) is 23.2 Å². The van der Waals surface area contributed by atoms with Gasteiger partial charge >= 0.3 is 6.09 Å². The summed E-state index contributed by atoms with van der Waals surface area (Å²) in [5.41, 5.74) is 0.592. The molecular formula is C25H27Cl2N3O5S2. The molecule has 3 atom stereocenters. The molecule has 0 aromatic heterocycles. The van der Waals surface area contributed by atoms with Gasteiger partial charge in [0.1, 0.15) is 11.6 Å². The summed E-state index contributed by atoms with van der Waals surface area (Å²) in [4.78, 5) is 32.1. The number of hydrogen-bond donors (Lipinski definition) is 1. The van der Waals surface area contributed by atoms with Crippen molar-refractivity contribution < 1.29 is 22.7 Å². The molecule has 2 aliphatic rings. The lowest BCUT2D eigenvalue weighted by molar-refractivity contribution is -0.119. The highest BCUT2D eigenvalue weighted by Gasteiger charge is 2.50. The number of nitrogens with zero attached hydrogens (tertiary/aromatic N) is 2. The third kappa shape index (κ3) is 6.98. The zero-order chi connectivity index (χ0) is 27.0. The molecule has 0 unspecified atom stereocenters. The molecule has 1 N–H and O–H groups in total. The number of alkyl carbamates (subject to hydrolysis) is 1. The fourth-order valence-corrected chi connectivity index (χ4v) is 8.61. The molecule has 8 nitrogen and oxygen atoms in total. The lowest BCUT2D eigenvalue weighted by Crippen LogP contribution is -2.45. The normalized spacial score (nSPS) is 22.5. The van der Waals surface area contributed by atoms with Crippen molar-refractivity contribution in [3.05, 3.63) is 64.1 Å². The minimum atomic E-state index is -3.25. The number of aliphatic imine (C=N–C) groups is 1. The lowest BCUT2D eigenvalue weighted by Gasteiger charge is -2.26. The molecule has 2 heterocycles. The maximum atomic E-state index is 13.5. The zero-order valence-electron chi connectivity index (χ0n) is 20.5. The van der Waals surface area contributed by atoms with Gasteiger partial charge in [-0.15, -0.1) is 0 Å². The predicted octanol–water partition coefficient (Wildman–Crippen LogP) is 4.73. The maximum Gasteiger partial charge on any atom is 0.408 e. The number of amidine groups is 1. The number of halogens is 2. The van der Waals surface area contributed by atoms with Crippen LogP contribution < -0.4 is 10.2 Å². The Kier molecular flexibility index (Phi) is 8.13. The van der Waals surface area contributed by atoms with Gasteiger partial charge in [0.15, 0.2) is 15.0 Å². The number of anilines is 1. The van der Waals surface area contributed by atoms with Crippen molar-refractivity contribution in [1.82, 2.24) is 5.32 Å². The second-order valence-corrected chi connectivity index (χ2v) is 14.1. The van der Waals surface area contributed by atoms with Gasteiger partial charge in [0.05, 0.1) is 28.3 Å². The van der Waals surface area contributed by atoms with Crippen molar-refractivity contribution in [2.24, 2.45) is 4.99 Å². The molecule has 0 spiro atoms. The molecular weight excluding hydrogens is 557 g/mol. The van der Waals surface area contributed by atoms with Gasteiger partial charge in [-0.1, -0.05) is 65.3 Å². The monoisotopic (exact) mass is 583 g/mol. The minimum Gasteiger partial charge on any atom is -0.444 e. The van der Waals surface area contributed by atoms with E-state index in [9.17, 15) is 18.0 Å². The molecule has 2 aromatic rings. The van der Waals surface area contributed by atoms with Gasteiger partial charge in [-0.3, -0.25) is 4.79 Å². The highest BCUT2D eigenvalue weighted by Crippen LogP contribution is 2.43. The number of thioether (sulfide) groups is 1. The number of ether oxygens (including phenoxy) is 1. The molecule has 2 aliphatic heterocycles. The topological polar surface area (TPSA) is 105 Å². The molecule has 2 fully saturated rings. The van der Waals surface area contributed by atoms with E-state index in [1.165, 1.54) is 11.8 Å². The number of carbonyl (C=O) groups excluding carboxylic acids is 2. The fraction of sp³-hybridized carbons (Fsp3) is 0.400. The quantitative estimate of drug-likeness (QED) is 0.542. The molecule has 0 aliphatic carbocycles. The van der Waals surface area contributed by atoms with Gasteiger partial charge in [-0.05, 0) is 44.5 Å². The number of fused-ring (bicyclic) bond motifs is 1. The van der Waals surface area contributed by atoms with E-state index in [1.807, 2.05) is 30.3 Å². The van der Waals surface area contributed by atoms with Gasteiger partial charge in [0.2, 0.25) is 0 Å². The van der Waals surface area contributed by atoms with E-state index in [1.54, 1.807) is 43.9 Å². The number of rotatable bonds is 5. The van der Waals surface area contributed by atoms with Crippen molar-refractivity contribution in [1.29, 1.82) is 0 Å². The first kappa shape index (κ1) is 27.8. The van der Waals surface area contributed by atoms with Crippen LogP contribution in [0, 0.1) is 0 Å². The van der Waals surface area contributed by atoms with Crippen LogP contribution in [-0.2, 0) is 25.8 Å². The van der Waals surface area contributed by atoms with Gasteiger partial charge in [-0.25, -0.2) is 13.2 Å². The van der Waals surface area contributed by atoms with Crippen LogP contribution in [0.2, 0.25) is 10.0 Å². The van der Waals surface area contributed by atoms with Crippen molar-refractivity contribution in [3.63, 3.8) is 0 Å². The molecule has 0 saturated carbocycles. The summed E-state index contributed by atoms with van der Waals surface area (Å²) < 4.78 is 30.1. The highest BCUT2D eigenvalue weighted by atomic mass is 35.5. The Balaban J connectivity index is 1.67. The first-order valence-electron chi connectivity index (χ1n) is 11.6. The standard InChI is InChI=1S/C25H27Cl2N3O5S2/c1-25(2,3)35-24(32)28-18(11-15-7-5-4-6-8-15)22(31)29-23-30(19-10-9-16(26)12-17(19)27)20-13-37(33,34)14-21(20)36-23/h4-10,12,18,20-21H,11,13-14H2,1-3H3,(H,28,32)/t18-,20-,21+/m1/s1. The van der Waals surface area contributed by atoms with E-state index in [0.29, 0.717) is 20.9 Å². The van der Waals surface area contributed by atoms with Crippen molar-refractivity contribution in [2.45, 2.75) is 50.1 Å². The average molecular weight is 585 g/mol. The third-order valence-electron chi connectivity index (χ3n) is 5.71. The largest absolute Gasteiger partial charge is 0.444 e. The maximum absolute atomic E-state index is 13.5. The number of nitrogens with one attached hydrogen (secondary N) is 1. The molecule has 37 heavy (non-hydrogen) atoms. The van der Waals surface area contributed by atoms with Crippen LogP contribution in [0.25, 0.3) is 0 Å². The molecule has 0 bridgehead atoms. The summed E-state index contributed by atoms with van der Waals surface area (Å²) in [5, 5.41) is 3.40. The van der Waals surface area contributed by atoms with Crippen LogP contribution in [0.15, 0.2) is 53.5 Å². The summed E-state index contributed by atoms with van der Waals surface area (Å²) in [7, 11) is -3.25. The van der Waals surface area contributed by atoms with E-state index in [4.69, 9.17) is 27.9 Å². The lowest BCUT2D eigenvalue weighted by atomic mass is 10.1. The van der Waals surface area contributed by atoms with Crippen LogP contribution in [0.4, 0.5) is 10.5 Å². The Hall–Kier alpha value is -2.27. The van der Waals surface area contributed by atoms with E-state index in [0.717, 1.165) is 5.56 Å². The van der Waals surface area contributed by atoms with E-state index >= 15 is 0 Å². The number of amides is 2. The predicted molar refractivity (Wildman–Crippen MR) is 149 cm³/mol. The second kappa shape index (κ2) is 10.8. The Morgan fingerprint density at radius 3 is 2.51 bits per heavy atom. The van der Waals surface area contributed by atoms with Crippen molar-refractivity contribution in [2.75, 3.05) is 16.4 Å². The number of hydrogen-bond acceptors (Lipinski definition) is 6. The molecule has 0 radical (unpaired) electrons. The summed E-state index contributed by atoms with van der Waals surface area (Å²) >= 11 is 13.8.